The molecule has 0 aliphatic carbocycles. The zero-order valence-corrected chi connectivity index (χ0v) is 17.4. The highest BCUT2D eigenvalue weighted by Crippen LogP contribution is 2.44. The molecule has 0 saturated carbocycles. The number of fused-ring (bicyclic) bond motifs is 1. The molecule has 1 saturated heterocycles. The van der Waals surface area contributed by atoms with Crippen molar-refractivity contribution in [3.63, 3.8) is 0 Å². The molecular formula is C25H27NO3. The highest BCUT2D eigenvalue weighted by Gasteiger charge is 2.49. The molecule has 3 aromatic rings. The van der Waals surface area contributed by atoms with E-state index in [1.165, 1.54) is 0 Å². The largest absolute Gasteiger partial charge is 0.339 e. The summed E-state index contributed by atoms with van der Waals surface area (Å²) in [5.74, 6) is -0.0487. The van der Waals surface area contributed by atoms with E-state index in [1.807, 2.05) is 76.2 Å². The summed E-state index contributed by atoms with van der Waals surface area (Å²) in [6.45, 7) is 8.12. The maximum absolute atomic E-state index is 12.7. The molecule has 4 rings (SSSR count). The third kappa shape index (κ3) is 3.91. The number of hydrogen-bond acceptors (Lipinski definition) is 3. The number of ether oxygens (including phenoxy) is 2. The van der Waals surface area contributed by atoms with Gasteiger partial charge in [0.25, 0.3) is 0 Å². The minimum Gasteiger partial charge on any atom is -0.339 e. The van der Waals surface area contributed by atoms with E-state index in [0.29, 0.717) is 6.42 Å². The first-order valence-corrected chi connectivity index (χ1v) is 9.97. The van der Waals surface area contributed by atoms with Crippen LogP contribution in [0.1, 0.15) is 45.1 Å². The minimum absolute atomic E-state index is 0.0487. The zero-order valence-electron chi connectivity index (χ0n) is 17.4. The van der Waals surface area contributed by atoms with Gasteiger partial charge in [-0.2, -0.15) is 0 Å². The molecule has 0 radical (unpaired) electrons. The lowest BCUT2D eigenvalue weighted by Gasteiger charge is -2.30. The van der Waals surface area contributed by atoms with Gasteiger partial charge in [-0.25, -0.2) is 0 Å². The van der Waals surface area contributed by atoms with E-state index in [2.05, 4.69) is 23.5 Å². The SMILES string of the molecule is CC1(C)OC(c2cccc(NC(=O)Cc3cccc4ccccc34)c2)OC1(C)C. The van der Waals surface area contributed by atoms with Crippen LogP contribution in [0.3, 0.4) is 0 Å². The van der Waals surface area contributed by atoms with E-state index < -0.39 is 17.5 Å². The number of hydrogen-bond donors (Lipinski definition) is 1. The number of benzene rings is 3. The first-order chi connectivity index (χ1) is 13.7. The van der Waals surface area contributed by atoms with Gasteiger partial charge in [0.15, 0.2) is 6.29 Å². The van der Waals surface area contributed by atoms with Crippen molar-refractivity contribution in [1.29, 1.82) is 0 Å². The summed E-state index contributed by atoms with van der Waals surface area (Å²) in [4.78, 5) is 12.7. The van der Waals surface area contributed by atoms with Crippen LogP contribution in [0.4, 0.5) is 5.69 Å². The highest BCUT2D eigenvalue weighted by molar-refractivity contribution is 5.96. The Hall–Kier alpha value is -2.69. The Morgan fingerprint density at radius 1 is 0.897 bits per heavy atom. The van der Waals surface area contributed by atoms with Crippen LogP contribution < -0.4 is 5.32 Å². The van der Waals surface area contributed by atoms with Crippen LogP contribution in [0.15, 0.2) is 66.7 Å². The second-order valence-corrected chi connectivity index (χ2v) is 8.58. The van der Waals surface area contributed by atoms with Crippen LogP contribution in [0, 0.1) is 0 Å². The van der Waals surface area contributed by atoms with E-state index in [1.54, 1.807) is 0 Å². The van der Waals surface area contributed by atoms with Crippen LogP contribution in [-0.2, 0) is 20.7 Å². The van der Waals surface area contributed by atoms with E-state index in [9.17, 15) is 4.79 Å². The van der Waals surface area contributed by atoms with Gasteiger partial charge in [0.2, 0.25) is 5.91 Å². The van der Waals surface area contributed by atoms with Crippen molar-refractivity contribution in [2.45, 2.75) is 51.6 Å². The van der Waals surface area contributed by atoms with Crippen LogP contribution in [-0.4, -0.2) is 17.1 Å². The van der Waals surface area contributed by atoms with E-state index in [4.69, 9.17) is 9.47 Å². The molecule has 4 heteroatoms. The predicted molar refractivity (Wildman–Crippen MR) is 116 cm³/mol. The third-order valence-electron chi connectivity index (χ3n) is 5.93. The molecule has 0 spiro atoms. The first kappa shape index (κ1) is 19.6. The van der Waals surface area contributed by atoms with E-state index in [-0.39, 0.29) is 5.91 Å². The molecule has 0 bridgehead atoms. The van der Waals surface area contributed by atoms with Crippen LogP contribution >= 0.6 is 0 Å². The Morgan fingerprint density at radius 3 is 2.31 bits per heavy atom. The van der Waals surface area contributed by atoms with Crippen molar-refractivity contribution in [2.24, 2.45) is 0 Å². The van der Waals surface area contributed by atoms with Crippen LogP contribution in [0.25, 0.3) is 10.8 Å². The molecule has 0 unspecified atom stereocenters. The average Bonchev–Trinajstić information content (AvgIpc) is 2.90. The molecule has 4 nitrogen and oxygen atoms in total. The van der Waals surface area contributed by atoms with E-state index >= 15 is 0 Å². The lowest BCUT2D eigenvalue weighted by atomic mass is 9.90. The number of nitrogens with one attached hydrogen (secondary N) is 1. The quantitative estimate of drug-likeness (QED) is 0.630. The fourth-order valence-corrected chi connectivity index (χ4v) is 3.57. The number of carbonyl (C=O) groups is 1. The summed E-state index contributed by atoms with van der Waals surface area (Å²) in [7, 11) is 0. The molecule has 3 aromatic carbocycles. The van der Waals surface area contributed by atoms with Gasteiger partial charge in [0.05, 0.1) is 17.6 Å². The van der Waals surface area contributed by atoms with Crippen molar-refractivity contribution in [3.8, 4) is 0 Å². The summed E-state index contributed by atoms with van der Waals surface area (Å²) in [5, 5.41) is 5.26. The smallest absolute Gasteiger partial charge is 0.228 e. The molecule has 150 valence electrons. The van der Waals surface area contributed by atoms with Gasteiger partial charge in [-0.3, -0.25) is 4.79 Å². The molecular weight excluding hydrogens is 362 g/mol. The maximum atomic E-state index is 12.7. The topological polar surface area (TPSA) is 47.6 Å². The van der Waals surface area contributed by atoms with Crippen molar-refractivity contribution in [2.75, 3.05) is 5.32 Å². The van der Waals surface area contributed by atoms with Crippen LogP contribution in [0.2, 0.25) is 0 Å². The standard InChI is InChI=1S/C25H27NO3/c1-24(2)25(3,4)29-23(28-24)19-12-8-13-20(15-19)26-22(27)16-18-11-7-10-17-9-5-6-14-21(17)18/h5-15,23H,16H2,1-4H3,(H,26,27). The van der Waals surface area contributed by atoms with Gasteiger partial charge in [-0.15, -0.1) is 0 Å². The van der Waals surface area contributed by atoms with Gasteiger partial charge in [-0.05, 0) is 56.2 Å². The summed E-state index contributed by atoms with van der Waals surface area (Å²) in [6, 6.07) is 21.8. The lowest BCUT2D eigenvalue weighted by molar-refractivity contribution is -0.115. The van der Waals surface area contributed by atoms with Gasteiger partial charge >= 0.3 is 0 Å². The Labute approximate surface area is 171 Å². The molecule has 1 fully saturated rings. The number of amides is 1. The molecule has 0 aromatic heterocycles. The maximum Gasteiger partial charge on any atom is 0.228 e. The molecule has 1 heterocycles. The molecule has 1 amide bonds. The molecule has 1 aliphatic heterocycles. The molecule has 1 N–H and O–H groups in total. The van der Waals surface area contributed by atoms with Crippen molar-refractivity contribution in [1.82, 2.24) is 0 Å². The van der Waals surface area contributed by atoms with Gasteiger partial charge in [-0.1, -0.05) is 54.6 Å². The summed E-state index contributed by atoms with van der Waals surface area (Å²) >= 11 is 0. The van der Waals surface area contributed by atoms with Gasteiger partial charge in [0, 0.05) is 11.3 Å². The lowest BCUT2D eigenvalue weighted by Crippen LogP contribution is -2.41. The molecule has 29 heavy (non-hydrogen) atoms. The monoisotopic (exact) mass is 389 g/mol. The predicted octanol–water partition coefficient (Wildman–Crippen LogP) is 5.62. The second kappa shape index (κ2) is 7.29. The number of carbonyl (C=O) groups excluding carboxylic acids is 1. The van der Waals surface area contributed by atoms with Crippen LogP contribution in [0.5, 0.6) is 0 Å². The Balaban J connectivity index is 1.49. The second-order valence-electron chi connectivity index (χ2n) is 8.58. The average molecular weight is 389 g/mol. The molecule has 0 atom stereocenters. The van der Waals surface area contributed by atoms with Crippen molar-refractivity contribution >= 4 is 22.4 Å². The Bertz CT molecular complexity index is 1030. The summed E-state index contributed by atoms with van der Waals surface area (Å²) in [5.41, 5.74) is 1.85. The number of rotatable bonds is 4. The normalized spacial score (nSPS) is 18.1. The summed E-state index contributed by atoms with van der Waals surface area (Å²) < 4.78 is 12.2. The summed E-state index contributed by atoms with van der Waals surface area (Å²) in [6.07, 6.45) is -0.128. The molecule has 1 aliphatic rings. The van der Waals surface area contributed by atoms with Gasteiger partial charge < -0.3 is 14.8 Å². The zero-order chi connectivity index (χ0) is 20.6. The Morgan fingerprint density at radius 2 is 1.55 bits per heavy atom. The minimum atomic E-state index is -0.449. The van der Waals surface area contributed by atoms with Gasteiger partial charge in [0.1, 0.15) is 0 Å². The third-order valence-corrected chi connectivity index (χ3v) is 5.93. The fraction of sp³-hybridized carbons (Fsp3) is 0.320. The fourth-order valence-electron chi connectivity index (χ4n) is 3.57. The van der Waals surface area contributed by atoms with Crippen molar-refractivity contribution in [3.05, 3.63) is 77.9 Å². The highest BCUT2D eigenvalue weighted by atomic mass is 16.7. The Kier molecular flexibility index (Phi) is 4.93. The van der Waals surface area contributed by atoms with E-state index in [0.717, 1.165) is 27.6 Å². The number of anilines is 1. The van der Waals surface area contributed by atoms with Crippen molar-refractivity contribution < 1.29 is 14.3 Å². The first-order valence-electron chi connectivity index (χ1n) is 9.97.